The van der Waals surface area contributed by atoms with Crippen molar-refractivity contribution in [2.45, 2.75) is 26.7 Å². The number of hydrogen-bond donors (Lipinski definition) is 2. The maximum absolute atomic E-state index is 11.8. The first-order valence-corrected chi connectivity index (χ1v) is 7.19. The molecule has 0 aromatic heterocycles. The van der Waals surface area contributed by atoms with Crippen molar-refractivity contribution >= 4 is 29.1 Å². The van der Waals surface area contributed by atoms with Crippen LogP contribution >= 0.6 is 11.6 Å². The summed E-state index contributed by atoms with van der Waals surface area (Å²) in [6.07, 6.45) is 1.23. The summed E-state index contributed by atoms with van der Waals surface area (Å²) >= 11 is 5.86. The van der Waals surface area contributed by atoms with E-state index in [4.69, 9.17) is 11.6 Å². The Morgan fingerprint density at radius 2 is 2.10 bits per heavy atom. The lowest BCUT2D eigenvalue weighted by atomic mass is 10.2. The molecule has 1 aromatic rings. The minimum atomic E-state index is -0.112. The fourth-order valence-corrected chi connectivity index (χ4v) is 2.32. The van der Waals surface area contributed by atoms with Crippen molar-refractivity contribution in [3.05, 3.63) is 28.8 Å². The van der Waals surface area contributed by atoms with Gasteiger partial charge >= 0.3 is 0 Å². The number of aryl methyl sites for hydroxylation is 1. The number of nitrogens with one attached hydrogen (secondary N) is 2. The predicted octanol–water partition coefficient (Wildman–Crippen LogP) is 2.75. The van der Waals surface area contributed by atoms with Gasteiger partial charge in [-0.3, -0.25) is 9.59 Å². The van der Waals surface area contributed by atoms with Gasteiger partial charge in [0.25, 0.3) is 0 Å². The SMILES string of the molecule is Cc1cc(Cl)ccc1NC(=O)CCNC(=O)[C@@H]1C[C@@H]1C. The second-order valence-corrected chi connectivity index (χ2v) is 5.80. The second-order valence-electron chi connectivity index (χ2n) is 5.37. The highest BCUT2D eigenvalue weighted by atomic mass is 35.5. The van der Waals surface area contributed by atoms with E-state index in [0.29, 0.717) is 17.5 Å². The first-order chi connectivity index (χ1) is 9.47. The molecular weight excluding hydrogens is 276 g/mol. The van der Waals surface area contributed by atoms with E-state index in [1.54, 1.807) is 18.2 Å². The molecule has 108 valence electrons. The van der Waals surface area contributed by atoms with E-state index in [1.807, 2.05) is 6.92 Å². The molecule has 2 atom stereocenters. The Morgan fingerprint density at radius 1 is 1.40 bits per heavy atom. The van der Waals surface area contributed by atoms with Gasteiger partial charge in [-0.2, -0.15) is 0 Å². The van der Waals surface area contributed by atoms with Gasteiger partial charge in [0, 0.05) is 29.6 Å². The lowest BCUT2D eigenvalue weighted by molar-refractivity contribution is -0.122. The number of carbonyl (C=O) groups excluding carboxylic acids is 2. The molecule has 5 heteroatoms. The van der Waals surface area contributed by atoms with E-state index in [1.165, 1.54) is 0 Å². The topological polar surface area (TPSA) is 58.2 Å². The monoisotopic (exact) mass is 294 g/mol. The van der Waals surface area contributed by atoms with E-state index in [2.05, 4.69) is 17.6 Å². The summed E-state index contributed by atoms with van der Waals surface area (Å²) in [6, 6.07) is 5.31. The van der Waals surface area contributed by atoms with E-state index < -0.39 is 0 Å². The molecule has 1 saturated carbocycles. The number of carbonyl (C=O) groups is 2. The Hall–Kier alpha value is -1.55. The zero-order chi connectivity index (χ0) is 14.7. The Balaban J connectivity index is 1.73. The van der Waals surface area contributed by atoms with Crippen LogP contribution in [0.15, 0.2) is 18.2 Å². The molecule has 0 heterocycles. The fourth-order valence-electron chi connectivity index (χ4n) is 2.10. The fraction of sp³-hybridized carbons (Fsp3) is 0.467. The van der Waals surface area contributed by atoms with Crippen LogP contribution in [0.3, 0.4) is 0 Å². The zero-order valence-electron chi connectivity index (χ0n) is 11.7. The van der Waals surface area contributed by atoms with Crippen LogP contribution in [0.2, 0.25) is 5.02 Å². The normalized spacial score (nSPS) is 20.4. The van der Waals surface area contributed by atoms with Gasteiger partial charge in [0.2, 0.25) is 11.8 Å². The Kier molecular flexibility index (Phi) is 4.65. The number of anilines is 1. The van der Waals surface area contributed by atoms with Crippen molar-refractivity contribution in [3.63, 3.8) is 0 Å². The molecule has 20 heavy (non-hydrogen) atoms. The van der Waals surface area contributed by atoms with Crippen molar-refractivity contribution in [1.29, 1.82) is 0 Å². The number of benzene rings is 1. The predicted molar refractivity (Wildman–Crippen MR) is 79.7 cm³/mol. The van der Waals surface area contributed by atoms with Crippen LogP contribution in [-0.4, -0.2) is 18.4 Å². The van der Waals surface area contributed by atoms with Gasteiger partial charge in [-0.05, 0) is 43.0 Å². The van der Waals surface area contributed by atoms with Crippen LogP contribution in [0.4, 0.5) is 5.69 Å². The Bertz CT molecular complexity index is 531. The molecule has 1 fully saturated rings. The summed E-state index contributed by atoms with van der Waals surface area (Å²) < 4.78 is 0. The number of halogens is 1. The largest absolute Gasteiger partial charge is 0.355 e. The summed E-state index contributed by atoms with van der Waals surface area (Å²) in [7, 11) is 0. The molecule has 1 aromatic carbocycles. The quantitative estimate of drug-likeness (QED) is 0.877. The van der Waals surface area contributed by atoms with Crippen LogP contribution in [0.25, 0.3) is 0 Å². The minimum Gasteiger partial charge on any atom is -0.355 e. The van der Waals surface area contributed by atoms with Gasteiger partial charge in [-0.1, -0.05) is 18.5 Å². The van der Waals surface area contributed by atoms with Gasteiger partial charge in [0.15, 0.2) is 0 Å². The highest BCUT2D eigenvalue weighted by molar-refractivity contribution is 6.30. The number of amides is 2. The molecule has 0 saturated heterocycles. The molecule has 0 unspecified atom stereocenters. The van der Waals surface area contributed by atoms with Gasteiger partial charge in [-0.25, -0.2) is 0 Å². The lowest BCUT2D eigenvalue weighted by Gasteiger charge is -2.09. The van der Waals surface area contributed by atoms with Crippen molar-refractivity contribution in [1.82, 2.24) is 5.32 Å². The Labute approximate surface area is 123 Å². The minimum absolute atomic E-state index is 0.0629. The van der Waals surface area contributed by atoms with Crippen LogP contribution < -0.4 is 10.6 Å². The highest BCUT2D eigenvalue weighted by Gasteiger charge is 2.38. The van der Waals surface area contributed by atoms with Crippen LogP contribution in [0, 0.1) is 18.8 Å². The highest BCUT2D eigenvalue weighted by Crippen LogP contribution is 2.37. The summed E-state index contributed by atoms with van der Waals surface area (Å²) in [5.41, 5.74) is 1.67. The first-order valence-electron chi connectivity index (χ1n) is 6.81. The average Bonchev–Trinajstić information content (AvgIpc) is 3.10. The van der Waals surface area contributed by atoms with E-state index >= 15 is 0 Å². The van der Waals surface area contributed by atoms with Gasteiger partial charge in [-0.15, -0.1) is 0 Å². The van der Waals surface area contributed by atoms with Crippen LogP contribution in [0.1, 0.15) is 25.3 Å². The smallest absolute Gasteiger partial charge is 0.226 e. The molecule has 0 bridgehead atoms. The Morgan fingerprint density at radius 3 is 2.70 bits per heavy atom. The molecule has 1 aliphatic carbocycles. The van der Waals surface area contributed by atoms with Crippen LogP contribution in [0.5, 0.6) is 0 Å². The average molecular weight is 295 g/mol. The molecule has 0 spiro atoms. The molecular formula is C15H19ClN2O2. The molecule has 1 aliphatic rings. The van der Waals surface area contributed by atoms with Crippen molar-refractivity contribution < 1.29 is 9.59 Å². The molecule has 4 nitrogen and oxygen atoms in total. The zero-order valence-corrected chi connectivity index (χ0v) is 12.5. The molecule has 2 N–H and O–H groups in total. The summed E-state index contributed by atoms with van der Waals surface area (Å²) in [6.45, 7) is 4.32. The van der Waals surface area contributed by atoms with Gasteiger partial charge in [0.05, 0.1) is 0 Å². The summed E-state index contributed by atoms with van der Waals surface area (Å²) in [5.74, 6) is 0.588. The van der Waals surface area contributed by atoms with Gasteiger partial charge in [0.1, 0.15) is 0 Å². The molecule has 2 amide bonds. The number of hydrogen-bond acceptors (Lipinski definition) is 2. The van der Waals surface area contributed by atoms with Crippen LogP contribution in [-0.2, 0) is 9.59 Å². The maximum atomic E-state index is 11.8. The number of rotatable bonds is 5. The maximum Gasteiger partial charge on any atom is 0.226 e. The van der Waals surface area contributed by atoms with Crippen molar-refractivity contribution in [3.8, 4) is 0 Å². The summed E-state index contributed by atoms with van der Waals surface area (Å²) in [4.78, 5) is 23.4. The molecule has 0 radical (unpaired) electrons. The second kappa shape index (κ2) is 6.27. The third-order valence-electron chi connectivity index (χ3n) is 3.56. The third-order valence-corrected chi connectivity index (χ3v) is 3.80. The molecule has 0 aliphatic heterocycles. The van der Waals surface area contributed by atoms with E-state index in [9.17, 15) is 9.59 Å². The van der Waals surface area contributed by atoms with E-state index in [-0.39, 0.29) is 24.2 Å². The van der Waals surface area contributed by atoms with Crippen molar-refractivity contribution in [2.75, 3.05) is 11.9 Å². The lowest BCUT2D eigenvalue weighted by Crippen LogP contribution is -2.29. The van der Waals surface area contributed by atoms with Gasteiger partial charge < -0.3 is 10.6 Å². The van der Waals surface area contributed by atoms with Crippen molar-refractivity contribution in [2.24, 2.45) is 11.8 Å². The molecule has 2 rings (SSSR count). The standard InChI is InChI=1S/C15H19ClN2O2/c1-9-8-12(9)15(20)17-6-5-14(19)18-13-4-3-11(16)7-10(13)2/h3-4,7,9,12H,5-6,8H2,1-2H3,(H,17,20)(H,18,19)/t9-,12+/m0/s1. The third kappa shape index (κ3) is 3.97. The summed E-state index contributed by atoms with van der Waals surface area (Å²) in [5, 5.41) is 6.26. The van der Waals surface area contributed by atoms with E-state index in [0.717, 1.165) is 17.7 Å². The first kappa shape index (κ1) is 14.9.